The predicted octanol–water partition coefficient (Wildman–Crippen LogP) is 1.59. The van der Waals surface area contributed by atoms with Gasteiger partial charge in [0.25, 0.3) is 0 Å². The molecule has 2 bridgehead atoms. The lowest BCUT2D eigenvalue weighted by molar-refractivity contribution is -0.124. The van der Waals surface area contributed by atoms with Crippen molar-refractivity contribution in [2.24, 2.45) is 5.92 Å². The van der Waals surface area contributed by atoms with E-state index in [1.165, 1.54) is 0 Å². The average molecular weight is 265 g/mol. The molecule has 100 valence electrons. The number of carbonyl (C=O) groups is 1. The van der Waals surface area contributed by atoms with E-state index in [9.17, 15) is 4.79 Å². The number of rotatable bonds is 2. The Morgan fingerprint density at radius 2 is 1.89 bits per heavy atom. The zero-order chi connectivity index (χ0) is 13.2. The number of hydrogen-bond donors (Lipinski definition) is 1. The van der Waals surface area contributed by atoms with Crippen molar-refractivity contribution in [1.82, 2.24) is 5.32 Å². The summed E-state index contributed by atoms with van der Waals surface area (Å²) in [5, 5.41) is 3.51. The van der Waals surface area contributed by atoms with Crippen molar-refractivity contribution in [2.45, 2.75) is 51.0 Å². The Bertz CT molecular complexity index is 365. The average Bonchev–Trinajstić information content (AvgIpc) is 2.26. The monoisotopic (exact) mass is 265 g/mol. The number of hydrogen-bond acceptors (Lipinski definition) is 3. The first-order chi connectivity index (χ1) is 8.44. The van der Waals surface area contributed by atoms with E-state index in [0.29, 0.717) is 24.3 Å². The maximum Gasteiger partial charge on any atom is 0.147 e. The van der Waals surface area contributed by atoms with E-state index in [-0.39, 0.29) is 5.92 Å². The van der Waals surface area contributed by atoms with Crippen molar-refractivity contribution in [2.75, 3.05) is 13.2 Å². The molecule has 2 aliphatic rings. The molecule has 0 saturated carbocycles. The molecule has 0 aromatic heterocycles. The van der Waals surface area contributed by atoms with Gasteiger partial charge in [-0.3, -0.25) is 4.79 Å². The lowest BCUT2D eigenvalue weighted by Crippen LogP contribution is -2.55. The van der Waals surface area contributed by atoms with Crippen LogP contribution >= 0.6 is 0 Å². The topological polar surface area (TPSA) is 38.3 Å². The van der Waals surface area contributed by atoms with E-state index in [2.05, 4.69) is 36.4 Å². The van der Waals surface area contributed by atoms with Gasteiger partial charge in [0, 0.05) is 18.0 Å². The fraction of sp³-hybridized carbons (Fsp3) is 0.786. The summed E-state index contributed by atoms with van der Waals surface area (Å²) >= 11 is 0. The fourth-order valence-corrected chi connectivity index (χ4v) is 3.26. The molecule has 0 amide bonds. The van der Waals surface area contributed by atoms with Crippen LogP contribution in [0.25, 0.3) is 0 Å². The highest BCUT2D eigenvalue weighted by Gasteiger charge is 2.34. The van der Waals surface area contributed by atoms with E-state index in [1.807, 2.05) is 0 Å². The first-order valence-electron chi connectivity index (χ1n) is 6.80. The third kappa shape index (κ3) is 3.94. The molecular formula is C14H23NO2Si. The number of ether oxygens (including phenoxy) is 1. The van der Waals surface area contributed by atoms with E-state index < -0.39 is 8.07 Å². The third-order valence-electron chi connectivity index (χ3n) is 3.43. The molecule has 0 aromatic carbocycles. The van der Waals surface area contributed by atoms with Crippen LogP contribution in [-0.4, -0.2) is 39.2 Å². The number of piperidine rings is 1. The molecule has 0 radical (unpaired) electrons. The smallest absolute Gasteiger partial charge is 0.147 e. The molecule has 0 aromatic rings. The second-order valence-electron chi connectivity index (χ2n) is 6.46. The molecule has 2 rings (SSSR count). The Balaban J connectivity index is 1.87. The van der Waals surface area contributed by atoms with Crippen LogP contribution in [0.3, 0.4) is 0 Å². The summed E-state index contributed by atoms with van der Waals surface area (Å²) in [6.07, 6.45) is 2.28. The lowest BCUT2D eigenvalue weighted by Gasteiger charge is -2.39. The Morgan fingerprint density at radius 3 is 2.44 bits per heavy atom. The van der Waals surface area contributed by atoms with Gasteiger partial charge in [0.2, 0.25) is 0 Å². The molecule has 0 spiro atoms. The van der Waals surface area contributed by atoms with E-state index in [1.54, 1.807) is 0 Å². The van der Waals surface area contributed by atoms with E-state index >= 15 is 0 Å². The van der Waals surface area contributed by atoms with Crippen molar-refractivity contribution >= 4 is 13.9 Å². The zero-order valence-corrected chi connectivity index (χ0v) is 12.6. The normalized spacial score (nSPS) is 31.4. The molecule has 2 unspecified atom stereocenters. The van der Waals surface area contributed by atoms with E-state index in [4.69, 9.17) is 4.74 Å². The number of nitrogens with one attached hydrogen (secondary N) is 1. The Kier molecular flexibility index (Phi) is 4.26. The summed E-state index contributed by atoms with van der Waals surface area (Å²) in [5.74, 6) is 3.63. The lowest BCUT2D eigenvalue weighted by atomic mass is 9.83. The molecule has 18 heavy (non-hydrogen) atoms. The summed E-state index contributed by atoms with van der Waals surface area (Å²) < 4.78 is 5.49. The predicted molar refractivity (Wildman–Crippen MR) is 75.0 cm³/mol. The highest BCUT2D eigenvalue weighted by molar-refractivity contribution is 6.83. The summed E-state index contributed by atoms with van der Waals surface area (Å²) in [6, 6.07) is 0.743. The van der Waals surface area contributed by atoms with Gasteiger partial charge in [0.05, 0.1) is 19.6 Å². The van der Waals surface area contributed by atoms with Gasteiger partial charge in [-0.25, -0.2) is 0 Å². The maximum absolute atomic E-state index is 12.2. The van der Waals surface area contributed by atoms with Crippen molar-refractivity contribution < 1.29 is 9.53 Å². The SMILES string of the molecule is C[Si](C)(C)C#CCC(=O)C1CC2COCC(C1)N2. The van der Waals surface area contributed by atoms with Gasteiger partial charge >= 0.3 is 0 Å². The van der Waals surface area contributed by atoms with Crippen LogP contribution in [0.5, 0.6) is 0 Å². The quantitative estimate of drug-likeness (QED) is 0.609. The highest BCUT2D eigenvalue weighted by atomic mass is 28.3. The molecule has 4 heteroatoms. The zero-order valence-electron chi connectivity index (χ0n) is 11.6. The molecular weight excluding hydrogens is 242 g/mol. The Hall–Kier alpha value is -0.633. The van der Waals surface area contributed by atoms with Gasteiger partial charge in [0.15, 0.2) is 0 Å². The molecule has 2 aliphatic heterocycles. The minimum absolute atomic E-state index is 0.195. The first kappa shape index (κ1) is 13.8. The second-order valence-corrected chi connectivity index (χ2v) is 11.2. The van der Waals surface area contributed by atoms with Crippen molar-refractivity contribution in [3.63, 3.8) is 0 Å². The summed E-state index contributed by atoms with van der Waals surface area (Å²) in [5.41, 5.74) is 3.27. The summed E-state index contributed by atoms with van der Waals surface area (Å²) in [6.45, 7) is 8.12. The van der Waals surface area contributed by atoms with Crippen molar-refractivity contribution in [1.29, 1.82) is 0 Å². The Labute approximate surface area is 111 Å². The van der Waals surface area contributed by atoms with Crippen LogP contribution in [0.2, 0.25) is 19.6 Å². The van der Waals surface area contributed by atoms with Crippen LogP contribution in [-0.2, 0) is 9.53 Å². The number of ketones is 1. The number of Topliss-reactive ketones (excluding diaryl/α,β-unsaturated/α-hetero) is 1. The van der Waals surface area contributed by atoms with Crippen LogP contribution in [0.4, 0.5) is 0 Å². The minimum Gasteiger partial charge on any atom is -0.378 e. The highest BCUT2D eigenvalue weighted by Crippen LogP contribution is 2.25. The summed E-state index contributed by atoms with van der Waals surface area (Å²) in [7, 11) is -1.34. The maximum atomic E-state index is 12.2. The molecule has 2 saturated heterocycles. The van der Waals surface area contributed by atoms with Crippen LogP contribution < -0.4 is 5.32 Å². The standard InChI is InChI=1S/C14H23NO2Si/c1-18(2,3)6-4-5-14(16)11-7-12-9-17-10-13(8-11)15-12/h11-13,15H,5,7-10H2,1-3H3. The van der Waals surface area contributed by atoms with Gasteiger partial charge in [-0.1, -0.05) is 19.6 Å². The van der Waals surface area contributed by atoms with E-state index in [0.717, 1.165) is 26.1 Å². The number of morpholine rings is 1. The van der Waals surface area contributed by atoms with Crippen LogP contribution in [0.15, 0.2) is 0 Å². The number of fused-ring (bicyclic) bond motifs is 2. The summed E-state index contributed by atoms with van der Waals surface area (Å²) in [4.78, 5) is 12.2. The van der Waals surface area contributed by atoms with Crippen LogP contribution in [0.1, 0.15) is 19.3 Å². The molecule has 2 fully saturated rings. The van der Waals surface area contributed by atoms with Crippen molar-refractivity contribution in [3.05, 3.63) is 0 Å². The third-order valence-corrected chi connectivity index (χ3v) is 4.36. The first-order valence-corrected chi connectivity index (χ1v) is 10.3. The van der Waals surface area contributed by atoms with Crippen molar-refractivity contribution in [3.8, 4) is 11.5 Å². The van der Waals surface area contributed by atoms with Gasteiger partial charge in [-0.05, 0) is 12.8 Å². The van der Waals surface area contributed by atoms with Gasteiger partial charge < -0.3 is 10.1 Å². The molecule has 0 aliphatic carbocycles. The van der Waals surface area contributed by atoms with Crippen LogP contribution in [0, 0.1) is 17.4 Å². The van der Waals surface area contributed by atoms with Gasteiger partial charge in [-0.15, -0.1) is 11.5 Å². The fourth-order valence-electron chi connectivity index (χ4n) is 2.64. The van der Waals surface area contributed by atoms with Gasteiger partial charge in [-0.2, -0.15) is 0 Å². The molecule has 2 atom stereocenters. The molecule has 1 N–H and O–H groups in total. The second kappa shape index (κ2) is 5.56. The van der Waals surface area contributed by atoms with Gasteiger partial charge in [0.1, 0.15) is 13.9 Å². The minimum atomic E-state index is -1.34. The Morgan fingerprint density at radius 1 is 1.28 bits per heavy atom. The molecule has 3 nitrogen and oxygen atoms in total. The largest absolute Gasteiger partial charge is 0.378 e. The molecule has 2 heterocycles. The number of carbonyl (C=O) groups excluding carboxylic acids is 1.